The predicted molar refractivity (Wildman–Crippen MR) is 77.3 cm³/mol. The van der Waals surface area contributed by atoms with E-state index in [9.17, 15) is 4.79 Å². The van der Waals surface area contributed by atoms with Crippen molar-refractivity contribution in [3.8, 4) is 0 Å². The molecule has 0 radical (unpaired) electrons. The molecule has 19 heavy (non-hydrogen) atoms. The summed E-state index contributed by atoms with van der Waals surface area (Å²) >= 11 is 4.84. The van der Waals surface area contributed by atoms with Crippen LogP contribution in [0.4, 0.5) is 0 Å². The summed E-state index contributed by atoms with van der Waals surface area (Å²) in [4.78, 5) is 14.3. The fourth-order valence-corrected chi connectivity index (χ4v) is 1.69. The molecule has 0 aliphatic carbocycles. The maximum atomic E-state index is 12.3. The molecule has 5 nitrogen and oxygen atoms in total. The fraction of sp³-hybridized carbons (Fsp3) is 0.538. The van der Waals surface area contributed by atoms with Gasteiger partial charge in [-0.1, -0.05) is 19.1 Å². The summed E-state index contributed by atoms with van der Waals surface area (Å²) in [5.41, 5.74) is 5.47. The molecule has 1 aromatic heterocycles. The van der Waals surface area contributed by atoms with Crippen LogP contribution in [0.5, 0.6) is 0 Å². The third-order valence-electron chi connectivity index (χ3n) is 2.70. The Morgan fingerprint density at radius 1 is 1.47 bits per heavy atom. The van der Waals surface area contributed by atoms with Gasteiger partial charge in [-0.2, -0.15) is 0 Å². The number of carbonyl (C=O) groups excluding carboxylic acids is 1. The molecule has 1 aromatic rings. The molecule has 0 aliphatic rings. The monoisotopic (exact) mass is 284 g/mol. The van der Waals surface area contributed by atoms with Gasteiger partial charge in [-0.05, 0) is 12.1 Å². The van der Waals surface area contributed by atoms with Crippen molar-refractivity contribution in [2.45, 2.75) is 19.8 Å². The summed E-state index contributed by atoms with van der Waals surface area (Å²) in [6.07, 6.45) is 1.25. The summed E-state index contributed by atoms with van der Waals surface area (Å²) in [5, 5.41) is 0. The maximum absolute atomic E-state index is 12.3. The Hall–Kier alpha value is -1.40. The van der Waals surface area contributed by atoms with E-state index in [1.807, 2.05) is 13.0 Å². The van der Waals surface area contributed by atoms with Gasteiger partial charge in [0.15, 0.2) is 5.76 Å². The van der Waals surface area contributed by atoms with Crippen molar-refractivity contribution < 1.29 is 13.9 Å². The molecule has 0 saturated heterocycles. The number of carbonyl (C=O) groups is 1. The molecule has 1 rings (SSSR count). The molecule has 0 spiro atoms. The molecular weight excluding hydrogens is 264 g/mol. The van der Waals surface area contributed by atoms with E-state index < -0.39 is 0 Å². The van der Waals surface area contributed by atoms with E-state index in [0.29, 0.717) is 36.9 Å². The van der Waals surface area contributed by atoms with Gasteiger partial charge in [0.25, 0.3) is 5.91 Å². The van der Waals surface area contributed by atoms with Gasteiger partial charge in [0.05, 0.1) is 11.6 Å². The normalized spacial score (nSPS) is 10.4. The molecular formula is C13H20N2O3S. The number of thiocarbonyl (C=S) groups is 1. The average molecular weight is 284 g/mol. The van der Waals surface area contributed by atoms with E-state index in [2.05, 4.69) is 0 Å². The van der Waals surface area contributed by atoms with Gasteiger partial charge in [0.2, 0.25) is 0 Å². The second kappa shape index (κ2) is 7.91. The van der Waals surface area contributed by atoms with Crippen LogP contribution in [0.3, 0.4) is 0 Å². The van der Waals surface area contributed by atoms with Crippen molar-refractivity contribution >= 4 is 23.1 Å². The number of ether oxygens (including phenoxy) is 1. The molecule has 2 N–H and O–H groups in total. The number of nitrogens with zero attached hydrogens (tertiary/aromatic N) is 1. The molecule has 106 valence electrons. The Kier molecular flexibility index (Phi) is 6.52. The lowest BCUT2D eigenvalue weighted by Crippen LogP contribution is -2.36. The first-order valence-corrected chi connectivity index (χ1v) is 6.64. The molecule has 0 saturated carbocycles. The SMILES string of the molecule is CCc1ccc(C(=O)N(CCOC)CCC(N)=S)o1. The zero-order chi connectivity index (χ0) is 14.3. The highest BCUT2D eigenvalue weighted by Gasteiger charge is 2.18. The molecule has 0 fully saturated rings. The summed E-state index contributed by atoms with van der Waals surface area (Å²) in [5.74, 6) is 0.980. The van der Waals surface area contributed by atoms with Gasteiger partial charge < -0.3 is 19.8 Å². The number of aryl methyl sites for hydroxylation is 1. The number of hydrogen-bond acceptors (Lipinski definition) is 4. The van der Waals surface area contributed by atoms with Crippen LogP contribution in [0.1, 0.15) is 29.7 Å². The highest BCUT2D eigenvalue weighted by atomic mass is 32.1. The van der Waals surface area contributed by atoms with E-state index in [1.165, 1.54) is 0 Å². The van der Waals surface area contributed by atoms with Crippen molar-refractivity contribution in [1.29, 1.82) is 0 Å². The second-order valence-electron chi connectivity index (χ2n) is 4.12. The zero-order valence-corrected chi connectivity index (χ0v) is 12.2. The van der Waals surface area contributed by atoms with Crippen LogP contribution in [-0.4, -0.2) is 42.6 Å². The van der Waals surface area contributed by atoms with Crippen LogP contribution >= 0.6 is 12.2 Å². The van der Waals surface area contributed by atoms with Crippen molar-refractivity contribution in [3.63, 3.8) is 0 Å². The standard InChI is InChI=1S/C13H20N2O3S/c1-3-10-4-5-11(18-10)13(16)15(8-9-17-2)7-6-12(14)19/h4-5H,3,6-9H2,1-2H3,(H2,14,19). The zero-order valence-electron chi connectivity index (χ0n) is 11.3. The highest BCUT2D eigenvalue weighted by Crippen LogP contribution is 2.11. The minimum atomic E-state index is -0.159. The molecule has 6 heteroatoms. The van der Waals surface area contributed by atoms with E-state index in [1.54, 1.807) is 18.1 Å². The third kappa shape index (κ3) is 5.00. The molecule has 0 atom stereocenters. The average Bonchev–Trinajstić information content (AvgIpc) is 2.86. The fourth-order valence-electron chi connectivity index (χ4n) is 1.60. The highest BCUT2D eigenvalue weighted by molar-refractivity contribution is 7.80. The smallest absolute Gasteiger partial charge is 0.289 e. The first kappa shape index (κ1) is 15.7. The first-order chi connectivity index (χ1) is 9.08. The number of amides is 1. The lowest BCUT2D eigenvalue weighted by molar-refractivity contribution is 0.0668. The van der Waals surface area contributed by atoms with Crippen LogP contribution in [0.25, 0.3) is 0 Å². The van der Waals surface area contributed by atoms with Gasteiger partial charge in [-0.25, -0.2) is 0 Å². The van der Waals surface area contributed by atoms with E-state index in [4.69, 9.17) is 27.1 Å². The minimum Gasteiger partial charge on any atom is -0.456 e. The van der Waals surface area contributed by atoms with Crippen molar-refractivity contribution in [1.82, 2.24) is 4.90 Å². The molecule has 0 aliphatic heterocycles. The second-order valence-corrected chi connectivity index (χ2v) is 4.65. The van der Waals surface area contributed by atoms with Crippen molar-refractivity contribution in [2.75, 3.05) is 26.8 Å². The largest absolute Gasteiger partial charge is 0.456 e. The Balaban J connectivity index is 2.71. The number of nitrogens with two attached hydrogens (primary N) is 1. The minimum absolute atomic E-state index is 0.159. The molecule has 0 bridgehead atoms. The van der Waals surface area contributed by atoms with Crippen LogP contribution in [0.2, 0.25) is 0 Å². The van der Waals surface area contributed by atoms with E-state index in [-0.39, 0.29) is 5.91 Å². The number of furan rings is 1. The van der Waals surface area contributed by atoms with Crippen LogP contribution < -0.4 is 5.73 Å². The van der Waals surface area contributed by atoms with Gasteiger partial charge in [0.1, 0.15) is 5.76 Å². The Morgan fingerprint density at radius 2 is 2.21 bits per heavy atom. The maximum Gasteiger partial charge on any atom is 0.289 e. The summed E-state index contributed by atoms with van der Waals surface area (Å²) in [7, 11) is 1.60. The number of methoxy groups -OCH3 is 1. The summed E-state index contributed by atoms with van der Waals surface area (Å²) < 4.78 is 10.5. The van der Waals surface area contributed by atoms with Crippen molar-refractivity contribution in [3.05, 3.63) is 23.7 Å². The Morgan fingerprint density at radius 3 is 2.74 bits per heavy atom. The summed E-state index contributed by atoms with van der Waals surface area (Å²) in [6.45, 7) is 3.40. The first-order valence-electron chi connectivity index (χ1n) is 6.23. The van der Waals surface area contributed by atoms with E-state index >= 15 is 0 Å². The third-order valence-corrected chi connectivity index (χ3v) is 2.91. The summed E-state index contributed by atoms with van der Waals surface area (Å²) in [6, 6.07) is 3.51. The van der Waals surface area contributed by atoms with Crippen LogP contribution in [0, 0.1) is 0 Å². The van der Waals surface area contributed by atoms with Gasteiger partial charge in [-0.3, -0.25) is 4.79 Å². The topological polar surface area (TPSA) is 68.7 Å². The lowest BCUT2D eigenvalue weighted by Gasteiger charge is -2.20. The van der Waals surface area contributed by atoms with Gasteiger partial charge in [0, 0.05) is 33.0 Å². The molecule has 0 aromatic carbocycles. The van der Waals surface area contributed by atoms with Crippen LogP contribution in [-0.2, 0) is 11.2 Å². The molecule has 1 heterocycles. The van der Waals surface area contributed by atoms with E-state index in [0.717, 1.165) is 12.2 Å². The van der Waals surface area contributed by atoms with Crippen molar-refractivity contribution in [2.24, 2.45) is 5.73 Å². The number of rotatable bonds is 8. The van der Waals surface area contributed by atoms with Gasteiger partial charge >= 0.3 is 0 Å². The Bertz CT molecular complexity index is 431. The van der Waals surface area contributed by atoms with Crippen LogP contribution in [0.15, 0.2) is 16.5 Å². The predicted octanol–water partition coefficient (Wildman–Crippen LogP) is 1.61. The lowest BCUT2D eigenvalue weighted by atomic mass is 10.3. The number of hydrogen-bond donors (Lipinski definition) is 1. The van der Waals surface area contributed by atoms with Gasteiger partial charge in [-0.15, -0.1) is 0 Å². The quantitative estimate of drug-likeness (QED) is 0.734. The molecule has 1 amide bonds. The molecule has 0 unspecified atom stereocenters. The Labute approximate surface area is 118 Å².